The maximum Gasteiger partial charge on any atom is 0.137 e. The molecule has 2 nitrogen and oxygen atoms in total. The summed E-state index contributed by atoms with van der Waals surface area (Å²) in [5, 5.41) is 10.00. The Kier molecular flexibility index (Phi) is 5.06. The lowest BCUT2D eigenvalue weighted by Gasteiger charge is -2.27. The summed E-state index contributed by atoms with van der Waals surface area (Å²) >= 11 is 3.72. The van der Waals surface area contributed by atoms with Gasteiger partial charge in [-0.25, -0.2) is 0 Å². The van der Waals surface area contributed by atoms with Crippen molar-refractivity contribution in [3.63, 3.8) is 0 Å². The van der Waals surface area contributed by atoms with Crippen LogP contribution in [0.25, 0.3) is 73.1 Å². The van der Waals surface area contributed by atoms with E-state index in [1.165, 1.54) is 51.1 Å². The minimum Gasteiger partial charge on any atom is -0.456 e. The van der Waals surface area contributed by atoms with E-state index in [0.29, 0.717) is 0 Å². The minimum absolute atomic E-state index is 0.891. The van der Waals surface area contributed by atoms with E-state index in [-0.39, 0.29) is 0 Å². The number of benzene rings is 7. The first-order valence-electron chi connectivity index (χ1n) is 14.8. The SMILES string of the molecule is c1ccc2c(c1)oc1cc(N(c3ccc4sc5ccccc5c4c3)c3cccc4c3ccc3sc5ccccc5c34)ccc12. The van der Waals surface area contributed by atoms with E-state index in [9.17, 15) is 0 Å². The van der Waals surface area contributed by atoms with Gasteiger partial charge in [-0.15, -0.1) is 22.7 Å². The topological polar surface area (TPSA) is 16.4 Å². The third-order valence-corrected chi connectivity index (χ3v) is 11.1. The van der Waals surface area contributed by atoms with Crippen molar-refractivity contribution in [1.82, 2.24) is 0 Å². The van der Waals surface area contributed by atoms with E-state index in [1.54, 1.807) is 0 Å². The Balaban J connectivity index is 1.28. The molecule has 0 N–H and O–H groups in total. The van der Waals surface area contributed by atoms with Crippen LogP contribution in [0.2, 0.25) is 0 Å². The molecule has 0 spiro atoms. The highest BCUT2D eigenvalue weighted by molar-refractivity contribution is 7.26. The molecule has 0 atom stereocenters. The highest BCUT2D eigenvalue weighted by atomic mass is 32.1. The van der Waals surface area contributed by atoms with Crippen molar-refractivity contribution in [3.8, 4) is 0 Å². The number of hydrogen-bond donors (Lipinski definition) is 0. The molecule has 10 aromatic rings. The van der Waals surface area contributed by atoms with Crippen LogP contribution >= 0.6 is 22.7 Å². The molecule has 0 bridgehead atoms. The maximum atomic E-state index is 6.39. The number of anilines is 3. The quantitative estimate of drug-likeness (QED) is 0.201. The zero-order chi connectivity index (χ0) is 28.8. The van der Waals surface area contributed by atoms with Crippen LogP contribution in [0, 0.1) is 0 Å². The summed E-state index contributed by atoms with van der Waals surface area (Å²) in [6.45, 7) is 0. The standard InChI is InChI=1S/C40H23NOS2/c1-4-13-34-27(8-1)28-18-16-25(23-35(28)42-34)41(24-17-20-38-32(22-24)29-9-2-5-14-36(29)43-38)33-12-7-11-30-26(33)19-21-39-40(30)31-10-3-6-15-37(31)44-39/h1-23H. The van der Waals surface area contributed by atoms with Gasteiger partial charge in [-0.2, -0.15) is 0 Å². The number of nitrogens with zero attached hydrogens (tertiary/aromatic N) is 1. The highest BCUT2D eigenvalue weighted by Gasteiger charge is 2.20. The van der Waals surface area contributed by atoms with Gasteiger partial charge in [-0.05, 0) is 66.0 Å². The van der Waals surface area contributed by atoms with Crippen molar-refractivity contribution >= 4 is 113 Å². The second-order valence-corrected chi connectivity index (χ2v) is 13.5. The molecule has 7 aromatic carbocycles. The smallest absolute Gasteiger partial charge is 0.137 e. The van der Waals surface area contributed by atoms with Crippen LogP contribution in [-0.2, 0) is 0 Å². The van der Waals surface area contributed by atoms with E-state index in [2.05, 4.69) is 132 Å². The molecular weight excluding hydrogens is 575 g/mol. The maximum absolute atomic E-state index is 6.39. The number of thiophene rings is 2. The van der Waals surface area contributed by atoms with Gasteiger partial charge >= 0.3 is 0 Å². The van der Waals surface area contributed by atoms with Crippen LogP contribution in [0.1, 0.15) is 0 Å². The van der Waals surface area contributed by atoms with Crippen LogP contribution < -0.4 is 4.90 Å². The first kappa shape index (κ1) is 24.3. The van der Waals surface area contributed by atoms with Crippen molar-refractivity contribution in [3.05, 3.63) is 140 Å². The lowest BCUT2D eigenvalue weighted by molar-refractivity contribution is 0.669. The van der Waals surface area contributed by atoms with Crippen LogP contribution in [0.4, 0.5) is 17.1 Å². The zero-order valence-corrected chi connectivity index (χ0v) is 25.1. The molecule has 0 aliphatic heterocycles. The molecule has 3 aromatic heterocycles. The van der Waals surface area contributed by atoms with Crippen LogP contribution in [0.3, 0.4) is 0 Å². The average Bonchev–Trinajstić information content (AvgIpc) is 3.75. The van der Waals surface area contributed by atoms with Crippen molar-refractivity contribution in [2.24, 2.45) is 0 Å². The summed E-state index contributed by atoms with van der Waals surface area (Å²) in [5.74, 6) is 0. The van der Waals surface area contributed by atoms with Crippen molar-refractivity contribution in [2.45, 2.75) is 0 Å². The van der Waals surface area contributed by atoms with Crippen LogP contribution in [-0.4, -0.2) is 0 Å². The molecule has 0 amide bonds. The third kappa shape index (κ3) is 3.47. The summed E-state index contributed by atoms with van der Waals surface area (Å²) in [4.78, 5) is 2.40. The zero-order valence-electron chi connectivity index (χ0n) is 23.5. The van der Waals surface area contributed by atoms with Crippen molar-refractivity contribution < 1.29 is 4.42 Å². The second kappa shape index (κ2) is 9.17. The van der Waals surface area contributed by atoms with Gasteiger partial charge in [0.25, 0.3) is 0 Å². The Morgan fingerprint density at radius 3 is 1.91 bits per heavy atom. The molecule has 44 heavy (non-hydrogen) atoms. The number of rotatable bonds is 3. The minimum atomic E-state index is 0.891. The molecule has 0 saturated heterocycles. The van der Waals surface area contributed by atoms with Gasteiger partial charge in [0.1, 0.15) is 11.2 Å². The van der Waals surface area contributed by atoms with Gasteiger partial charge in [-0.1, -0.05) is 72.8 Å². The summed E-state index contributed by atoms with van der Waals surface area (Å²) in [6, 6.07) is 50.6. The molecule has 206 valence electrons. The fourth-order valence-electron chi connectivity index (χ4n) is 6.89. The van der Waals surface area contributed by atoms with E-state index in [1.807, 2.05) is 34.8 Å². The Morgan fingerprint density at radius 2 is 1.00 bits per heavy atom. The van der Waals surface area contributed by atoms with Crippen LogP contribution in [0.5, 0.6) is 0 Å². The fraction of sp³-hybridized carbons (Fsp3) is 0. The molecular formula is C40H23NOS2. The lowest BCUT2D eigenvalue weighted by atomic mass is 10.0. The molecule has 0 aliphatic rings. The molecule has 0 fully saturated rings. The molecule has 0 unspecified atom stereocenters. The van der Waals surface area contributed by atoms with E-state index >= 15 is 0 Å². The second-order valence-electron chi connectivity index (χ2n) is 11.3. The summed E-state index contributed by atoms with van der Waals surface area (Å²) in [5.41, 5.74) is 5.14. The van der Waals surface area contributed by atoms with Gasteiger partial charge in [0, 0.05) is 73.9 Å². The highest BCUT2D eigenvalue weighted by Crippen LogP contribution is 2.46. The molecule has 4 heteroatoms. The molecule has 10 rings (SSSR count). The number of para-hydroxylation sites is 1. The lowest BCUT2D eigenvalue weighted by Crippen LogP contribution is -2.10. The summed E-state index contributed by atoms with van der Waals surface area (Å²) in [6.07, 6.45) is 0. The van der Waals surface area contributed by atoms with E-state index < -0.39 is 0 Å². The normalized spacial score (nSPS) is 12.1. The average molecular weight is 598 g/mol. The van der Waals surface area contributed by atoms with Gasteiger partial charge in [0.05, 0.1) is 5.69 Å². The Hall–Kier alpha value is -5.16. The number of fused-ring (bicyclic) bond motifs is 11. The Bertz CT molecular complexity index is 2750. The van der Waals surface area contributed by atoms with Gasteiger partial charge in [-0.3, -0.25) is 0 Å². The first-order valence-corrected chi connectivity index (χ1v) is 16.4. The Labute approximate surface area is 260 Å². The van der Waals surface area contributed by atoms with Crippen molar-refractivity contribution in [2.75, 3.05) is 4.90 Å². The van der Waals surface area contributed by atoms with Crippen molar-refractivity contribution in [1.29, 1.82) is 0 Å². The van der Waals surface area contributed by atoms with Crippen LogP contribution in [0.15, 0.2) is 144 Å². The molecule has 0 aliphatic carbocycles. The predicted octanol–water partition coefficient (Wildman–Crippen LogP) is 12.9. The number of furan rings is 1. The third-order valence-electron chi connectivity index (χ3n) is 8.86. The number of hydrogen-bond acceptors (Lipinski definition) is 4. The van der Waals surface area contributed by atoms with E-state index in [4.69, 9.17) is 4.42 Å². The van der Waals surface area contributed by atoms with Gasteiger partial charge < -0.3 is 9.32 Å². The van der Waals surface area contributed by atoms with Gasteiger partial charge in [0.2, 0.25) is 0 Å². The molecule has 3 heterocycles. The summed E-state index contributed by atoms with van der Waals surface area (Å²) < 4.78 is 11.6. The molecule has 0 radical (unpaired) electrons. The first-order chi connectivity index (χ1) is 21.8. The monoisotopic (exact) mass is 597 g/mol. The molecule has 0 saturated carbocycles. The fourth-order valence-corrected chi connectivity index (χ4v) is 9.10. The van der Waals surface area contributed by atoms with Gasteiger partial charge in [0.15, 0.2) is 0 Å². The van der Waals surface area contributed by atoms with E-state index in [0.717, 1.165) is 39.0 Å². The largest absolute Gasteiger partial charge is 0.456 e. The summed E-state index contributed by atoms with van der Waals surface area (Å²) in [7, 11) is 0. The Morgan fingerprint density at radius 1 is 0.386 bits per heavy atom. The predicted molar refractivity (Wildman–Crippen MR) is 192 cm³/mol.